The number of rotatable bonds is 4. The van der Waals surface area contributed by atoms with Gasteiger partial charge in [-0.3, -0.25) is 9.78 Å². The molecule has 0 spiro atoms. The molecule has 3 heterocycles. The van der Waals surface area contributed by atoms with E-state index in [9.17, 15) is 9.59 Å². The second-order valence-electron chi connectivity index (χ2n) is 6.95. The van der Waals surface area contributed by atoms with E-state index in [0.717, 1.165) is 22.5 Å². The van der Waals surface area contributed by atoms with Crippen molar-refractivity contribution >= 4 is 11.9 Å². The summed E-state index contributed by atoms with van der Waals surface area (Å²) < 4.78 is 7.02. The molecule has 1 aliphatic heterocycles. The SMILES string of the molecule is CCOC(=O)c1nn(-c2ccc(C)cc2)c2c1CN(C(=O)c1ccncc1)CC2. The van der Waals surface area contributed by atoms with E-state index >= 15 is 0 Å². The normalized spacial score (nSPS) is 13.1. The van der Waals surface area contributed by atoms with Crippen molar-refractivity contribution in [1.82, 2.24) is 19.7 Å². The van der Waals surface area contributed by atoms with E-state index in [2.05, 4.69) is 10.1 Å². The lowest BCUT2D eigenvalue weighted by Crippen LogP contribution is -2.36. The van der Waals surface area contributed by atoms with Gasteiger partial charge in [-0.05, 0) is 38.1 Å². The third kappa shape index (κ3) is 3.63. The van der Waals surface area contributed by atoms with E-state index in [4.69, 9.17) is 4.74 Å². The summed E-state index contributed by atoms with van der Waals surface area (Å²) in [5.74, 6) is -0.552. The zero-order valence-corrected chi connectivity index (χ0v) is 16.5. The van der Waals surface area contributed by atoms with Gasteiger partial charge in [0.25, 0.3) is 5.91 Å². The number of aromatic nitrogens is 3. The number of nitrogens with zero attached hydrogens (tertiary/aromatic N) is 4. The summed E-state index contributed by atoms with van der Waals surface area (Å²) >= 11 is 0. The van der Waals surface area contributed by atoms with E-state index in [0.29, 0.717) is 25.1 Å². The Morgan fingerprint density at radius 3 is 2.52 bits per heavy atom. The van der Waals surface area contributed by atoms with Gasteiger partial charge in [-0.15, -0.1) is 0 Å². The number of benzene rings is 1. The second kappa shape index (κ2) is 7.87. The molecule has 0 unspecified atom stereocenters. The minimum atomic E-state index is -0.465. The number of carbonyl (C=O) groups excluding carboxylic acids is 2. The predicted molar refractivity (Wildman–Crippen MR) is 107 cm³/mol. The van der Waals surface area contributed by atoms with Crippen LogP contribution in [0.3, 0.4) is 0 Å². The second-order valence-corrected chi connectivity index (χ2v) is 6.95. The number of ether oxygens (including phenoxy) is 1. The minimum absolute atomic E-state index is 0.0871. The summed E-state index contributed by atoms with van der Waals surface area (Å²) in [6.45, 7) is 4.92. The van der Waals surface area contributed by atoms with Crippen molar-refractivity contribution in [2.45, 2.75) is 26.8 Å². The number of fused-ring (bicyclic) bond motifs is 1. The van der Waals surface area contributed by atoms with Crippen LogP contribution in [0.4, 0.5) is 0 Å². The molecule has 4 rings (SSSR count). The van der Waals surface area contributed by atoms with Crippen LogP contribution in [0.15, 0.2) is 48.8 Å². The molecule has 0 atom stereocenters. The summed E-state index contributed by atoms with van der Waals surface area (Å²) in [6, 6.07) is 11.4. The number of aryl methyl sites for hydroxylation is 1. The lowest BCUT2D eigenvalue weighted by Gasteiger charge is -2.28. The maximum absolute atomic E-state index is 12.9. The van der Waals surface area contributed by atoms with Crippen LogP contribution in [0.25, 0.3) is 5.69 Å². The molecule has 7 nitrogen and oxygen atoms in total. The van der Waals surface area contributed by atoms with Crippen molar-refractivity contribution in [1.29, 1.82) is 0 Å². The third-order valence-electron chi connectivity index (χ3n) is 5.02. The Balaban J connectivity index is 1.72. The van der Waals surface area contributed by atoms with Crippen LogP contribution >= 0.6 is 0 Å². The van der Waals surface area contributed by atoms with Gasteiger partial charge in [0.15, 0.2) is 5.69 Å². The molecule has 0 bridgehead atoms. The van der Waals surface area contributed by atoms with E-state index in [1.165, 1.54) is 0 Å². The van der Waals surface area contributed by atoms with E-state index < -0.39 is 5.97 Å². The first kappa shape index (κ1) is 18.9. The Morgan fingerprint density at radius 2 is 1.83 bits per heavy atom. The molecule has 1 amide bonds. The molecular formula is C22H22N4O3. The molecule has 7 heteroatoms. The fourth-order valence-electron chi connectivity index (χ4n) is 3.53. The smallest absolute Gasteiger partial charge is 0.359 e. The van der Waals surface area contributed by atoms with Gasteiger partial charge in [0, 0.05) is 36.5 Å². The zero-order chi connectivity index (χ0) is 20.4. The highest BCUT2D eigenvalue weighted by Gasteiger charge is 2.31. The van der Waals surface area contributed by atoms with Gasteiger partial charge >= 0.3 is 5.97 Å². The van der Waals surface area contributed by atoms with Crippen LogP contribution in [0.2, 0.25) is 0 Å². The molecule has 0 aliphatic carbocycles. The van der Waals surface area contributed by atoms with Crippen LogP contribution in [0, 0.1) is 6.92 Å². The number of hydrogen-bond acceptors (Lipinski definition) is 5. The Morgan fingerprint density at radius 1 is 1.10 bits per heavy atom. The molecule has 0 saturated heterocycles. The van der Waals surface area contributed by atoms with Gasteiger partial charge in [0.05, 0.1) is 24.5 Å². The van der Waals surface area contributed by atoms with Crippen LogP contribution in [-0.2, 0) is 17.7 Å². The fraction of sp³-hybridized carbons (Fsp3) is 0.273. The highest BCUT2D eigenvalue weighted by molar-refractivity contribution is 5.95. The maximum atomic E-state index is 12.9. The van der Waals surface area contributed by atoms with Crippen molar-refractivity contribution in [2.75, 3.05) is 13.2 Å². The van der Waals surface area contributed by atoms with Crippen LogP contribution in [0.5, 0.6) is 0 Å². The molecule has 2 aromatic heterocycles. The third-order valence-corrected chi connectivity index (χ3v) is 5.02. The predicted octanol–water partition coefficient (Wildman–Crippen LogP) is 2.95. The van der Waals surface area contributed by atoms with Gasteiger partial charge < -0.3 is 9.64 Å². The summed E-state index contributed by atoms with van der Waals surface area (Å²) in [7, 11) is 0. The lowest BCUT2D eigenvalue weighted by molar-refractivity contribution is 0.0513. The number of pyridine rings is 1. The standard InChI is InChI=1S/C22H22N4O3/c1-3-29-22(28)20-18-14-25(21(27)16-8-11-23-12-9-16)13-10-19(18)26(24-20)17-6-4-15(2)5-7-17/h4-9,11-12H,3,10,13-14H2,1-2H3. The molecule has 0 saturated carbocycles. The fourth-order valence-corrected chi connectivity index (χ4v) is 3.53. The first-order chi connectivity index (χ1) is 14.1. The average molecular weight is 390 g/mol. The first-order valence-corrected chi connectivity index (χ1v) is 9.62. The Labute approximate surface area is 168 Å². The van der Waals surface area contributed by atoms with E-state index in [-0.39, 0.29) is 18.2 Å². The molecule has 0 fully saturated rings. The summed E-state index contributed by atoms with van der Waals surface area (Å²) in [5.41, 5.74) is 4.57. The van der Waals surface area contributed by atoms with Crippen molar-refractivity contribution in [3.63, 3.8) is 0 Å². The summed E-state index contributed by atoms with van der Waals surface area (Å²) in [4.78, 5) is 31.1. The van der Waals surface area contributed by atoms with Gasteiger partial charge in [-0.1, -0.05) is 17.7 Å². The van der Waals surface area contributed by atoms with Crippen LogP contribution in [0.1, 0.15) is 44.6 Å². The zero-order valence-electron chi connectivity index (χ0n) is 16.5. The minimum Gasteiger partial charge on any atom is -0.461 e. The monoisotopic (exact) mass is 390 g/mol. The summed E-state index contributed by atoms with van der Waals surface area (Å²) in [6.07, 6.45) is 3.80. The topological polar surface area (TPSA) is 77.3 Å². The van der Waals surface area contributed by atoms with Crippen LogP contribution < -0.4 is 0 Å². The lowest BCUT2D eigenvalue weighted by atomic mass is 10.0. The molecule has 29 heavy (non-hydrogen) atoms. The highest BCUT2D eigenvalue weighted by atomic mass is 16.5. The van der Waals surface area contributed by atoms with Gasteiger partial charge in [0.1, 0.15) is 0 Å². The van der Waals surface area contributed by atoms with Gasteiger partial charge in [0.2, 0.25) is 0 Å². The molecular weight excluding hydrogens is 368 g/mol. The molecule has 148 valence electrons. The Bertz CT molecular complexity index is 1040. The number of carbonyl (C=O) groups is 2. The van der Waals surface area contributed by atoms with Crippen LogP contribution in [-0.4, -0.2) is 44.7 Å². The molecule has 0 N–H and O–H groups in total. The van der Waals surface area contributed by atoms with Gasteiger partial charge in [-0.2, -0.15) is 5.10 Å². The van der Waals surface area contributed by atoms with Crippen molar-refractivity contribution in [3.05, 3.63) is 76.9 Å². The number of hydrogen-bond donors (Lipinski definition) is 0. The van der Waals surface area contributed by atoms with E-state index in [1.54, 1.807) is 41.0 Å². The quantitative estimate of drug-likeness (QED) is 0.640. The van der Waals surface area contributed by atoms with Crippen molar-refractivity contribution < 1.29 is 14.3 Å². The number of esters is 1. The largest absolute Gasteiger partial charge is 0.461 e. The molecule has 0 radical (unpaired) electrons. The Hall–Kier alpha value is -3.48. The maximum Gasteiger partial charge on any atom is 0.359 e. The average Bonchev–Trinajstić information content (AvgIpc) is 3.13. The Kier molecular flexibility index (Phi) is 5.12. The number of amides is 1. The first-order valence-electron chi connectivity index (χ1n) is 9.62. The molecule has 3 aromatic rings. The van der Waals surface area contributed by atoms with Gasteiger partial charge in [-0.25, -0.2) is 9.48 Å². The summed E-state index contributed by atoms with van der Waals surface area (Å²) in [5, 5.41) is 4.57. The molecule has 1 aromatic carbocycles. The van der Waals surface area contributed by atoms with Crippen molar-refractivity contribution in [3.8, 4) is 5.69 Å². The van der Waals surface area contributed by atoms with Crippen molar-refractivity contribution in [2.24, 2.45) is 0 Å². The van der Waals surface area contributed by atoms with E-state index in [1.807, 2.05) is 31.2 Å². The molecule has 1 aliphatic rings. The highest BCUT2D eigenvalue weighted by Crippen LogP contribution is 2.27.